The van der Waals surface area contributed by atoms with Crippen LogP contribution in [0.3, 0.4) is 0 Å². The molecule has 28 heavy (non-hydrogen) atoms. The van der Waals surface area contributed by atoms with Crippen molar-refractivity contribution in [2.75, 3.05) is 25.5 Å². The van der Waals surface area contributed by atoms with Crippen molar-refractivity contribution in [1.82, 2.24) is 4.90 Å². The molecule has 150 valence electrons. The topological polar surface area (TPSA) is 58.6 Å². The third-order valence-electron chi connectivity index (χ3n) is 4.23. The van der Waals surface area contributed by atoms with Crippen LogP contribution in [0.2, 0.25) is 0 Å². The van der Waals surface area contributed by atoms with Gasteiger partial charge in [0.25, 0.3) is 5.91 Å². The van der Waals surface area contributed by atoms with E-state index in [-0.39, 0.29) is 6.54 Å². The number of nitrogens with zero attached hydrogens (tertiary/aromatic N) is 1. The van der Waals surface area contributed by atoms with Gasteiger partial charge in [-0.05, 0) is 43.2 Å². The molecule has 0 unspecified atom stereocenters. The number of carbonyl (C=O) groups is 2. The van der Waals surface area contributed by atoms with Crippen LogP contribution >= 0.6 is 0 Å². The molecule has 0 aromatic heterocycles. The number of aryl methyl sites for hydroxylation is 1. The molecule has 2 aromatic rings. The summed E-state index contributed by atoms with van der Waals surface area (Å²) in [6.07, 6.45) is -4.59. The van der Waals surface area contributed by atoms with Crippen LogP contribution in [-0.2, 0) is 15.8 Å². The van der Waals surface area contributed by atoms with Crippen LogP contribution in [0.4, 0.5) is 18.9 Å². The lowest BCUT2D eigenvalue weighted by Gasteiger charge is -2.19. The standard InChI is InChI=1S/C20H21F3N2O3/c1-13-7-6-9-16(14(13)2)24-18(26)11-25(3)19(27)12-28-17-10-5-4-8-15(17)20(21,22)23/h4-10H,11-12H2,1-3H3,(H,24,26). The van der Waals surface area contributed by atoms with Crippen LogP contribution in [-0.4, -0.2) is 36.9 Å². The molecule has 0 atom stereocenters. The largest absolute Gasteiger partial charge is 0.483 e. The Morgan fingerprint density at radius 1 is 1.07 bits per heavy atom. The van der Waals surface area contributed by atoms with Gasteiger partial charge in [0.05, 0.1) is 12.1 Å². The molecule has 1 N–H and O–H groups in total. The van der Waals surface area contributed by atoms with Gasteiger partial charge in [-0.2, -0.15) is 13.2 Å². The Morgan fingerprint density at radius 2 is 1.75 bits per heavy atom. The maximum atomic E-state index is 12.9. The third kappa shape index (κ3) is 5.48. The Hall–Kier alpha value is -3.03. The highest BCUT2D eigenvalue weighted by Crippen LogP contribution is 2.35. The molecular formula is C20H21F3N2O3. The second kappa shape index (κ2) is 8.77. The van der Waals surface area contributed by atoms with Gasteiger partial charge >= 0.3 is 6.18 Å². The fourth-order valence-corrected chi connectivity index (χ4v) is 2.46. The molecule has 0 aliphatic heterocycles. The van der Waals surface area contributed by atoms with Gasteiger partial charge in [-0.3, -0.25) is 9.59 Å². The van der Waals surface area contributed by atoms with Crippen LogP contribution in [0.5, 0.6) is 5.75 Å². The number of ether oxygens (including phenoxy) is 1. The lowest BCUT2D eigenvalue weighted by atomic mass is 10.1. The van der Waals surface area contributed by atoms with Crippen molar-refractivity contribution in [3.8, 4) is 5.75 Å². The molecular weight excluding hydrogens is 373 g/mol. The predicted octanol–water partition coefficient (Wildman–Crippen LogP) is 3.80. The minimum atomic E-state index is -4.59. The van der Waals surface area contributed by atoms with Gasteiger partial charge in [0.2, 0.25) is 5.91 Å². The second-order valence-electron chi connectivity index (χ2n) is 6.33. The summed E-state index contributed by atoms with van der Waals surface area (Å²) >= 11 is 0. The molecule has 0 bridgehead atoms. The first-order chi connectivity index (χ1) is 13.1. The number of amides is 2. The Labute approximate surface area is 161 Å². The van der Waals surface area contributed by atoms with Crippen molar-refractivity contribution in [3.05, 3.63) is 59.2 Å². The van der Waals surface area contributed by atoms with Gasteiger partial charge in [0.1, 0.15) is 5.75 Å². The molecule has 0 saturated carbocycles. The summed E-state index contributed by atoms with van der Waals surface area (Å²) in [4.78, 5) is 25.4. The molecule has 2 aromatic carbocycles. The van der Waals surface area contributed by atoms with Crippen LogP contribution < -0.4 is 10.1 Å². The lowest BCUT2D eigenvalue weighted by Crippen LogP contribution is -2.37. The number of carbonyl (C=O) groups excluding carboxylic acids is 2. The van der Waals surface area contributed by atoms with E-state index in [9.17, 15) is 22.8 Å². The van der Waals surface area contributed by atoms with Crippen LogP contribution in [0, 0.1) is 13.8 Å². The van der Waals surface area contributed by atoms with Crippen LogP contribution in [0.1, 0.15) is 16.7 Å². The number of hydrogen-bond acceptors (Lipinski definition) is 3. The number of anilines is 1. The quantitative estimate of drug-likeness (QED) is 0.811. The normalized spacial score (nSPS) is 11.1. The molecule has 0 radical (unpaired) electrons. The molecule has 0 heterocycles. The number of likely N-dealkylation sites (N-methyl/N-ethyl adjacent to an activating group) is 1. The third-order valence-corrected chi connectivity index (χ3v) is 4.23. The van der Waals surface area contributed by atoms with Gasteiger partial charge < -0.3 is 15.0 Å². The molecule has 0 saturated heterocycles. The molecule has 0 aliphatic carbocycles. The van der Waals surface area contributed by atoms with E-state index < -0.39 is 35.9 Å². The average Bonchev–Trinajstić information content (AvgIpc) is 2.63. The van der Waals surface area contributed by atoms with Crippen molar-refractivity contribution in [1.29, 1.82) is 0 Å². The van der Waals surface area contributed by atoms with Gasteiger partial charge in [-0.15, -0.1) is 0 Å². The van der Waals surface area contributed by atoms with E-state index in [0.29, 0.717) is 5.69 Å². The Bertz CT molecular complexity index is 866. The number of hydrogen-bond donors (Lipinski definition) is 1. The van der Waals surface area contributed by atoms with Gasteiger partial charge in [0.15, 0.2) is 6.61 Å². The molecule has 0 aliphatic rings. The first-order valence-electron chi connectivity index (χ1n) is 8.48. The van der Waals surface area contributed by atoms with Crippen LogP contribution in [0.25, 0.3) is 0 Å². The second-order valence-corrected chi connectivity index (χ2v) is 6.33. The molecule has 0 fully saturated rings. The molecule has 8 heteroatoms. The zero-order valence-electron chi connectivity index (χ0n) is 15.8. The van der Waals surface area contributed by atoms with Crippen molar-refractivity contribution >= 4 is 17.5 Å². The summed E-state index contributed by atoms with van der Waals surface area (Å²) in [5.41, 5.74) is 1.61. The molecule has 2 amide bonds. The zero-order chi connectivity index (χ0) is 20.9. The van der Waals surface area contributed by atoms with E-state index >= 15 is 0 Å². The van der Waals surface area contributed by atoms with Gasteiger partial charge in [0, 0.05) is 12.7 Å². The van der Waals surface area contributed by atoms with E-state index in [1.54, 1.807) is 12.1 Å². The molecule has 2 rings (SSSR count). The predicted molar refractivity (Wildman–Crippen MR) is 99.1 cm³/mol. The van der Waals surface area contributed by atoms with Gasteiger partial charge in [-0.1, -0.05) is 24.3 Å². The number of para-hydroxylation sites is 1. The summed E-state index contributed by atoms with van der Waals surface area (Å²) in [5.74, 6) is -1.47. The Kier molecular flexibility index (Phi) is 6.66. The number of halogens is 3. The van der Waals surface area contributed by atoms with E-state index in [1.807, 2.05) is 19.9 Å². The van der Waals surface area contributed by atoms with E-state index in [0.717, 1.165) is 28.2 Å². The minimum absolute atomic E-state index is 0.253. The highest BCUT2D eigenvalue weighted by atomic mass is 19.4. The smallest absolute Gasteiger partial charge is 0.419 e. The summed E-state index contributed by atoms with van der Waals surface area (Å²) in [5, 5.41) is 2.72. The van der Waals surface area contributed by atoms with Gasteiger partial charge in [-0.25, -0.2) is 0 Å². The number of rotatable bonds is 6. The van der Waals surface area contributed by atoms with Crippen molar-refractivity contribution in [2.24, 2.45) is 0 Å². The number of nitrogens with one attached hydrogen (secondary N) is 1. The summed E-state index contributed by atoms with van der Waals surface area (Å²) in [6.45, 7) is 2.92. The monoisotopic (exact) mass is 394 g/mol. The fourth-order valence-electron chi connectivity index (χ4n) is 2.46. The maximum Gasteiger partial charge on any atom is 0.419 e. The average molecular weight is 394 g/mol. The SMILES string of the molecule is Cc1cccc(NC(=O)CN(C)C(=O)COc2ccccc2C(F)(F)F)c1C. The van der Waals surface area contributed by atoms with E-state index in [1.165, 1.54) is 19.2 Å². The van der Waals surface area contributed by atoms with E-state index in [4.69, 9.17) is 4.74 Å². The highest BCUT2D eigenvalue weighted by molar-refractivity contribution is 5.95. The number of alkyl halides is 3. The summed E-state index contributed by atoms with van der Waals surface area (Å²) in [6, 6.07) is 10.1. The zero-order valence-corrected chi connectivity index (χ0v) is 15.8. The summed E-state index contributed by atoms with van der Waals surface area (Å²) < 4.78 is 43.9. The lowest BCUT2D eigenvalue weighted by molar-refractivity contribution is -0.141. The van der Waals surface area contributed by atoms with Crippen LogP contribution in [0.15, 0.2) is 42.5 Å². The first-order valence-corrected chi connectivity index (χ1v) is 8.48. The minimum Gasteiger partial charge on any atom is -0.483 e. The molecule has 0 spiro atoms. The molecule has 5 nitrogen and oxygen atoms in total. The van der Waals surface area contributed by atoms with E-state index in [2.05, 4.69) is 5.32 Å². The first kappa shape index (κ1) is 21.3. The summed E-state index contributed by atoms with van der Waals surface area (Å²) in [7, 11) is 1.38. The highest BCUT2D eigenvalue weighted by Gasteiger charge is 2.34. The van der Waals surface area contributed by atoms with Crippen molar-refractivity contribution in [3.63, 3.8) is 0 Å². The fraction of sp³-hybridized carbons (Fsp3) is 0.300. The van der Waals surface area contributed by atoms with Crippen molar-refractivity contribution in [2.45, 2.75) is 20.0 Å². The Balaban J connectivity index is 1.93. The Morgan fingerprint density at radius 3 is 2.43 bits per heavy atom. The number of benzene rings is 2. The maximum absolute atomic E-state index is 12.9. The van der Waals surface area contributed by atoms with Crippen molar-refractivity contribution < 1.29 is 27.5 Å².